The van der Waals surface area contributed by atoms with E-state index in [0.29, 0.717) is 0 Å². The van der Waals surface area contributed by atoms with Crippen LogP contribution in [-0.2, 0) is 9.59 Å². The average Bonchev–Trinajstić information content (AvgIpc) is 2.17. The zero-order valence-electron chi connectivity index (χ0n) is 8.14. The fraction of sp³-hybridized carbons (Fsp3) is 0.556. The van der Waals surface area contributed by atoms with Gasteiger partial charge in [-0.15, -0.1) is 12.3 Å². The van der Waals surface area contributed by atoms with Crippen molar-refractivity contribution < 1.29 is 19.8 Å². The van der Waals surface area contributed by atoms with Crippen LogP contribution in [0, 0.1) is 12.3 Å². The predicted molar refractivity (Wildman–Crippen MR) is 52.7 cm³/mol. The lowest BCUT2D eigenvalue weighted by Crippen LogP contribution is -2.48. The van der Waals surface area contributed by atoms with Crippen LogP contribution >= 0.6 is 0 Å². The van der Waals surface area contributed by atoms with Gasteiger partial charge in [0.25, 0.3) is 0 Å². The van der Waals surface area contributed by atoms with Crippen molar-refractivity contribution in [1.29, 1.82) is 0 Å². The quantitative estimate of drug-likeness (QED) is 0.393. The van der Waals surface area contributed by atoms with Gasteiger partial charge >= 0.3 is 5.97 Å². The lowest BCUT2D eigenvalue weighted by molar-refractivity contribution is -0.142. The molecule has 6 nitrogen and oxygen atoms in total. The molecule has 1 amide bonds. The molecule has 0 heterocycles. The van der Waals surface area contributed by atoms with Crippen LogP contribution < -0.4 is 11.1 Å². The molecular formula is C9H14N2O4. The first-order valence-corrected chi connectivity index (χ1v) is 4.36. The number of carbonyl (C=O) groups is 2. The number of aliphatic hydroxyl groups is 1. The second-order valence-corrected chi connectivity index (χ2v) is 2.93. The largest absolute Gasteiger partial charge is 0.480 e. The van der Waals surface area contributed by atoms with Crippen molar-refractivity contribution in [3.63, 3.8) is 0 Å². The number of aliphatic carboxylic acids is 1. The summed E-state index contributed by atoms with van der Waals surface area (Å²) in [6.45, 7) is -0.332. The van der Waals surface area contributed by atoms with E-state index in [2.05, 4.69) is 11.2 Å². The Morgan fingerprint density at radius 1 is 1.53 bits per heavy atom. The fourth-order valence-corrected chi connectivity index (χ4v) is 0.885. The molecule has 0 aromatic rings. The van der Waals surface area contributed by atoms with Gasteiger partial charge in [0, 0.05) is 19.4 Å². The van der Waals surface area contributed by atoms with E-state index >= 15 is 0 Å². The molecule has 0 aliphatic carbocycles. The van der Waals surface area contributed by atoms with E-state index in [0.717, 1.165) is 0 Å². The van der Waals surface area contributed by atoms with E-state index in [1.165, 1.54) is 0 Å². The molecule has 0 rings (SSSR count). The van der Waals surface area contributed by atoms with E-state index in [1.807, 2.05) is 0 Å². The first kappa shape index (κ1) is 13.4. The number of terminal acetylenes is 1. The Balaban J connectivity index is 4.23. The topological polar surface area (TPSA) is 113 Å². The van der Waals surface area contributed by atoms with Crippen molar-refractivity contribution in [1.82, 2.24) is 5.32 Å². The predicted octanol–water partition coefficient (Wildman–Crippen LogP) is -1.71. The van der Waals surface area contributed by atoms with Gasteiger partial charge in [0.15, 0.2) is 0 Å². The lowest BCUT2D eigenvalue weighted by Gasteiger charge is -2.15. The maximum atomic E-state index is 11.2. The van der Waals surface area contributed by atoms with Crippen molar-refractivity contribution in [2.45, 2.75) is 24.9 Å². The number of hydrogen-bond acceptors (Lipinski definition) is 4. The highest BCUT2D eigenvalue weighted by molar-refractivity contribution is 5.86. The van der Waals surface area contributed by atoms with Gasteiger partial charge in [-0.05, 0) is 0 Å². The Hall–Kier alpha value is -1.58. The van der Waals surface area contributed by atoms with Crippen molar-refractivity contribution in [2.75, 3.05) is 6.61 Å². The summed E-state index contributed by atoms with van der Waals surface area (Å²) in [7, 11) is 0. The first-order valence-electron chi connectivity index (χ1n) is 4.36. The number of rotatable bonds is 6. The Morgan fingerprint density at radius 2 is 2.13 bits per heavy atom. The molecular weight excluding hydrogens is 200 g/mol. The molecule has 0 saturated heterocycles. The SMILES string of the molecule is C#CCC(N)C(=O)N[C@H](CCO)C(=O)O. The molecule has 0 saturated carbocycles. The third-order valence-electron chi connectivity index (χ3n) is 1.71. The van der Waals surface area contributed by atoms with E-state index in [9.17, 15) is 9.59 Å². The van der Waals surface area contributed by atoms with E-state index in [4.69, 9.17) is 22.4 Å². The van der Waals surface area contributed by atoms with Crippen LogP contribution in [-0.4, -0.2) is 40.8 Å². The molecule has 0 radical (unpaired) electrons. The van der Waals surface area contributed by atoms with Crippen LogP contribution in [0.3, 0.4) is 0 Å². The third-order valence-corrected chi connectivity index (χ3v) is 1.71. The summed E-state index contributed by atoms with van der Waals surface area (Å²) in [6.07, 6.45) is 4.92. The van der Waals surface area contributed by atoms with Crippen molar-refractivity contribution >= 4 is 11.9 Å². The van der Waals surface area contributed by atoms with E-state index in [1.54, 1.807) is 0 Å². The van der Waals surface area contributed by atoms with Crippen LogP contribution in [0.4, 0.5) is 0 Å². The van der Waals surface area contributed by atoms with Gasteiger partial charge in [-0.3, -0.25) is 4.79 Å². The zero-order chi connectivity index (χ0) is 11.8. The number of hydrogen-bond donors (Lipinski definition) is 4. The lowest BCUT2D eigenvalue weighted by atomic mass is 10.1. The van der Waals surface area contributed by atoms with Crippen LogP contribution in [0.2, 0.25) is 0 Å². The molecule has 15 heavy (non-hydrogen) atoms. The van der Waals surface area contributed by atoms with Crippen molar-refractivity contribution in [3.8, 4) is 12.3 Å². The van der Waals surface area contributed by atoms with Gasteiger partial charge in [-0.25, -0.2) is 4.79 Å². The minimum atomic E-state index is -1.22. The number of carbonyl (C=O) groups excluding carboxylic acids is 1. The Labute approximate surface area is 87.5 Å². The summed E-state index contributed by atoms with van der Waals surface area (Å²) in [5, 5.41) is 19.4. The number of nitrogens with two attached hydrogens (primary N) is 1. The minimum absolute atomic E-state index is 0.0390. The summed E-state index contributed by atoms with van der Waals surface area (Å²) >= 11 is 0. The standard InChI is InChI=1S/C9H14N2O4/c1-2-3-6(10)8(13)11-7(4-5-12)9(14)15/h1,6-7,12H,3-5,10H2,(H,11,13)(H,14,15)/t6?,7-/m1/s1. The monoisotopic (exact) mass is 214 g/mol. The normalized spacial score (nSPS) is 13.7. The molecule has 0 aliphatic rings. The highest BCUT2D eigenvalue weighted by Gasteiger charge is 2.22. The smallest absolute Gasteiger partial charge is 0.326 e. The molecule has 6 heteroatoms. The minimum Gasteiger partial charge on any atom is -0.480 e. The second-order valence-electron chi connectivity index (χ2n) is 2.93. The Morgan fingerprint density at radius 3 is 2.53 bits per heavy atom. The summed E-state index contributed by atoms with van der Waals surface area (Å²) in [6, 6.07) is -2.05. The molecule has 0 aliphatic heterocycles. The molecule has 2 atom stereocenters. The number of nitrogens with one attached hydrogen (secondary N) is 1. The number of amides is 1. The van der Waals surface area contributed by atoms with Gasteiger partial charge < -0.3 is 21.3 Å². The number of carboxylic acid groups (broad SMARTS) is 1. The third kappa shape index (κ3) is 5.00. The number of aliphatic hydroxyl groups excluding tert-OH is 1. The molecule has 5 N–H and O–H groups in total. The van der Waals surface area contributed by atoms with Crippen LogP contribution in [0.15, 0.2) is 0 Å². The van der Waals surface area contributed by atoms with Crippen LogP contribution in [0.1, 0.15) is 12.8 Å². The first-order chi connectivity index (χ1) is 7.02. The molecule has 1 unspecified atom stereocenters. The zero-order valence-corrected chi connectivity index (χ0v) is 8.14. The molecule has 84 valence electrons. The summed E-state index contributed by atoms with van der Waals surface area (Å²) < 4.78 is 0. The fourth-order valence-electron chi connectivity index (χ4n) is 0.885. The molecule has 0 spiro atoms. The molecule has 0 aromatic carbocycles. The maximum absolute atomic E-state index is 11.2. The summed E-state index contributed by atoms with van der Waals surface area (Å²) in [4.78, 5) is 21.8. The van der Waals surface area contributed by atoms with Gasteiger partial charge in [0.05, 0.1) is 6.04 Å². The highest BCUT2D eigenvalue weighted by Crippen LogP contribution is 1.94. The molecule has 0 aromatic heterocycles. The second kappa shape index (κ2) is 6.81. The maximum Gasteiger partial charge on any atom is 0.326 e. The van der Waals surface area contributed by atoms with Crippen molar-refractivity contribution in [3.05, 3.63) is 0 Å². The van der Waals surface area contributed by atoms with Gasteiger partial charge in [0.2, 0.25) is 5.91 Å². The Bertz CT molecular complexity index is 272. The van der Waals surface area contributed by atoms with Crippen molar-refractivity contribution in [2.24, 2.45) is 5.73 Å². The van der Waals surface area contributed by atoms with Gasteiger partial charge in [-0.1, -0.05) is 0 Å². The van der Waals surface area contributed by atoms with Crippen LogP contribution in [0.25, 0.3) is 0 Å². The highest BCUT2D eigenvalue weighted by atomic mass is 16.4. The summed E-state index contributed by atoms with van der Waals surface area (Å²) in [5.74, 6) is 0.352. The Kier molecular flexibility index (Phi) is 6.09. The number of carboxylic acids is 1. The summed E-state index contributed by atoms with van der Waals surface area (Å²) in [5.41, 5.74) is 5.36. The van der Waals surface area contributed by atoms with E-state index < -0.39 is 24.0 Å². The van der Waals surface area contributed by atoms with Crippen LogP contribution in [0.5, 0.6) is 0 Å². The molecule has 0 fully saturated rings. The van der Waals surface area contributed by atoms with E-state index in [-0.39, 0.29) is 19.4 Å². The average molecular weight is 214 g/mol. The van der Waals surface area contributed by atoms with Gasteiger partial charge in [0.1, 0.15) is 6.04 Å². The van der Waals surface area contributed by atoms with Gasteiger partial charge in [-0.2, -0.15) is 0 Å². The molecule has 0 bridgehead atoms.